The molecule has 9 nitrogen and oxygen atoms in total. The predicted molar refractivity (Wildman–Crippen MR) is 125 cm³/mol. The van der Waals surface area contributed by atoms with E-state index >= 15 is 0 Å². The van der Waals surface area contributed by atoms with Crippen LogP contribution in [0.4, 0.5) is 0 Å². The van der Waals surface area contributed by atoms with E-state index in [2.05, 4.69) is 15.1 Å². The summed E-state index contributed by atoms with van der Waals surface area (Å²) in [6, 6.07) is 4.84. The third-order valence-corrected chi connectivity index (χ3v) is 7.77. The summed E-state index contributed by atoms with van der Waals surface area (Å²) in [6.07, 6.45) is 4.81. The van der Waals surface area contributed by atoms with Gasteiger partial charge in [0.15, 0.2) is 0 Å². The molecule has 4 amide bonds. The minimum Gasteiger partial charge on any atom is -0.328 e. The van der Waals surface area contributed by atoms with Crippen LogP contribution in [0.2, 0.25) is 0 Å². The lowest BCUT2D eigenvalue weighted by Crippen LogP contribution is -2.54. The Morgan fingerprint density at radius 1 is 0.853 bits per heavy atom. The number of imide groups is 2. The quantitative estimate of drug-likeness (QED) is 0.613. The van der Waals surface area contributed by atoms with E-state index in [9.17, 15) is 19.2 Å². The number of piperidine rings is 3. The molecule has 0 spiro atoms. The highest BCUT2D eigenvalue weighted by atomic mass is 16.2. The maximum absolute atomic E-state index is 13.0. The number of nitrogens with two attached hydrogens (primary N) is 1. The van der Waals surface area contributed by atoms with E-state index in [1.165, 1.54) is 0 Å². The van der Waals surface area contributed by atoms with Crippen LogP contribution < -0.4 is 11.1 Å². The zero-order chi connectivity index (χ0) is 23.8. The number of fused-ring (bicyclic) bond motifs is 1. The molecule has 1 aromatic rings. The van der Waals surface area contributed by atoms with Crippen molar-refractivity contribution in [2.24, 2.45) is 11.7 Å². The molecule has 9 heteroatoms. The minimum atomic E-state index is -0.928. The molecular weight excluding hydrogens is 434 g/mol. The predicted octanol–water partition coefficient (Wildman–Crippen LogP) is 0.723. The number of hydrogen-bond donors (Lipinski definition) is 2. The number of amides is 4. The van der Waals surface area contributed by atoms with Crippen LogP contribution in [-0.4, -0.2) is 83.1 Å². The molecule has 4 heterocycles. The monoisotopic (exact) mass is 467 g/mol. The Balaban J connectivity index is 1.17. The van der Waals surface area contributed by atoms with Gasteiger partial charge in [0.1, 0.15) is 6.04 Å². The van der Waals surface area contributed by atoms with Crippen molar-refractivity contribution >= 4 is 23.6 Å². The number of carbonyl (C=O) groups is 4. The molecule has 1 atom stereocenters. The van der Waals surface area contributed by atoms with Gasteiger partial charge in [-0.2, -0.15) is 0 Å². The van der Waals surface area contributed by atoms with Crippen LogP contribution in [0.25, 0.3) is 0 Å². The van der Waals surface area contributed by atoms with E-state index < -0.39 is 23.8 Å². The van der Waals surface area contributed by atoms with Crippen molar-refractivity contribution in [3.05, 3.63) is 34.9 Å². The van der Waals surface area contributed by atoms with Crippen molar-refractivity contribution in [2.75, 3.05) is 32.7 Å². The van der Waals surface area contributed by atoms with Crippen LogP contribution in [0.1, 0.15) is 64.8 Å². The Kier molecular flexibility index (Phi) is 6.50. The van der Waals surface area contributed by atoms with Gasteiger partial charge < -0.3 is 10.6 Å². The van der Waals surface area contributed by atoms with E-state index in [4.69, 9.17) is 5.73 Å². The summed E-state index contributed by atoms with van der Waals surface area (Å²) in [5.74, 6) is -1.14. The van der Waals surface area contributed by atoms with Crippen molar-refractivity contribution in [3.63, 3.8) is 0 Å². The molecule has 182 valence electrons. The number of nitrogens with zero attached hydrogens (tertiary/aromatic N) is 3. The molecule has 3 N–H and O–H groups in total. The molecule has 0 saturated carbocycles. The summed E-state index contributed by atoms with van der Waals surface area (Å²) in [5, 5.41) is 2.23. The van der Waals surface area contributed by atoms with E-state index in [1.807, 2.05) is 6.07 Å². The van der Waals surface area contributed by atoms with Gasteiger partial charge in [-0.3, -0.25) is 34.3 Å². The van der Waals surface area contributed by atoms with Gasteiger partial charge >= 0.3 is 0 Å². The maximum Gasteiger partial charge on any atom is 0.262 e. The number of benzene rings is 1. The highest BCUT2D eigenvalue weighted by molar-refractivity contribution is 6.23. The molecule has 3 fully saturated rings. The number of likely N-dealkylation sites (tertiary alicyclic amines) is 2. The third-order valence-electron chi connectivity index (χ3n) is 7.77. The van der Waals surface area contributed by atoms with Crippen LogP contribution in [0.3, 0.4) is 0 Å². The zero-order valence-corrected chi connectivity index (χ0v) is 19.5. The van der Waals surface area contributed by atoms with E-state index in [1.54, 1.807) is 12.1 Å². The molecular formula is C25H33N5O4. The lowest BCUT2D eigenvalue weighted by molar-refractivity contribution is -0.136. The van der Waals surface area contributed by atoms with Crippen molar-refractivity contribution in [1.29, 1.82) is 0 Å². The third kappa shape index (κ3) is 4.64. The first-order valence-corrected chi connectivity index (χ1v) is 12.4. The van der Waals surface area contributed by atoms with Gasteiger partial charge in [-0.15, -0.1) is 0 Å². The SMILES string of the molecule is NC1CCN(CC2CCN(Cc3ccc4c(c3)C(=O)N(C3CCC(=O)NC3=O)C4=O)CC2)CC1. The standard InChI is InChI=1S/C25H33N5O4/c26-18-7-11-29(12-8-18)14-16-5-9-28(10-6-16)15-17-1-2-19-20(13-17)25(34)30(24(19)33)21-3-4-22(31)27-23(21)32/h1-2,13,16,18,21H,3-12,14-15,26H2,(H,27,31,32). The molecule has 0 radical (unpaired) electrons. The second-order valence-corrected chi connectivity index (χ2v) is 10.2. The highest BCUT2D eigenvalue weighted by Gasteiger charge is 2.44. The first kappa shape index (κ1) is 23.1. The summed E-state index contributed by atoms with van der Waals surface area (Å²) >= 11 is 0. The first-order chi connectivity index (χ1) is 16.4. The van der Waals surface area contributed by atoms with E-state index in [0.717, 1.165) is 75.4 Å². The van der Waals surface area contributed by atoms with Crippen LogP contribution in [0, 0.1) is 5.92 Å². The topological polar surface area (TPSA) is 116 Å². The Bertz CT molecular complexity index is 995. The fourth-order valence-corrected chi connectivity index (χ4v) is 5.70. The average molecular weight is 468 g/mol. The molecule has 1 unspecified atom stereocenters. The van der Waals surface area contributed by atoms with Crippen molar-refractivity contribution in [1.82, 2.24) is 20.0 Å². The van der Waals surface area contributed by atoms with Gasteiger partial charge in [-0.1, -0.05) is 6.07 Å². The average Bonchev–Trinajstić information content (AvgIpc) is 3.06. The van der Waals surface area contributed by atoms with Crippen LogP contribution >= 0.6 is 0 Å². The maximum atomic E-state index is 13.0. The molecule has 3 saturated heterocycles. The number of rotatable bonds is 5. The van der Waals surface area contributed by atoms with Crippen molar-refractivity contribution < 1.29 is 19.2 Å². The Morgan fingerprint density at radius 3 is 2.24 bits per heavy atom. The van der Waals surface area contributed by atoms with Crippen molar-refractivity contribution in [3.8, 4) is 0 Å². The lowest BCUT2D eigenvalue weighted by atomic mass is 9.94. The van der Waals surface area contributed by atoms with Crippen LogP contribution in [-0.2, 0) is 16.1 Å². The summed E-state index contributed by atoms with van der Waals surface area (Å²) in [7, 11) is 0. The summed E-state index contributed by atoms with van der Waals surface area (Å²) in [6.45, 7) is 6.15. The molecule has 1 aromatic carbocycles. The highest BCUT2D eigenvalue weighted by Crippen LogP contribution is 2.29. The second-order valence-electron chi connectivity index (χ2n) is 10.2. The molecule has 0 aliphatic carbocycles. The molecule has 4 aliphatic heterocycles. The first-order valence-electron chi connectivity index (χ1n) is 12.4. The fourth-order valence-electron chi connectivity index (χ4n) is 5.70. The van der Waals surface area contributed by atoms with E-state index in [0.29, 0.717) is 23.1 Å². The largest absolute Gasteiger partial charge is 0.328 e. The molecule has 0 bridgehead atoms. The van der Waals surface area contributed by atoms with Gasteiger partial charge in [0.05, 0.1) is 11.1 Å². The molecule has 34 heavy (non-hydrogen) atoms. The van der Waals surface area contributed by atoms with Gasteiger partial charge in [0.2, 0.25) is 11.8 Å². The zero-order valence-electron chi connectivity index (χ0n) is 19.5. The lowest BCUT2D eigenvalue weighted by Gasteiger charge is -2.37. The Hall–Kier alpha value is -2.62. The van der Waals surface area contributed by atoms with Gasteiger partial charge in [-0.25, -0.2) is 0 Å². The van der Waals surface area contributed by atoms with Crippen LogP contribution in [0.15, 0.2) is 18.2 Å². The number of carbonyl (C=O) groups excluding carboxylic acids is 4. The minimum absolute atomic E-state index is 0.121. The normalized spacial score (nSPS) is 25.7. The van der Waals surface area contributed by atoms with E-state index in [-0.39, 0.29) is 18.7 Å². The van der Waals surface area contributed by atoms with Crippen molar-refractivity contribution in [2.45, 2.75) is 57.2 Å². The summed E-state index contributed by atoms with van der Waals surface area (Å²) < 4.78 is 0. The molecule has 5 rings (SSSR count). The smallest absolute Gasteiger partial charge is 0.262 e. The summed E-state index contributed by atoms with van der Waals surface area (Å²) in [5.41, 5.74) is 7.70. The number of hydrogen-bond acceptors (Lipinski definition) is 7. The molecule has 0 aromatic heterocycles. The van der Waals surface area contributed by atoms with Gasteiger partial charge in [0.25, 0.3) is 11.8 Å². The Morgan fingerprint density at radius 2 is 1.53 bits per heavy atom. The fraction of sp³-hybridized carbons (Fsp3) is 0.600. The molecule has 4 aliphatic rings. The van der Waals surface area contributed by atoms with Gasteiger partial charge in [-0.05, 0) is 81.9 Å². The van der Waals surface area contributed by atoms with Crippen LogP contribution in [0.5, 0.6) is 0 Å². The second kappa shape index (κ2) is 9.56. The van der Waals surface area contributed by atoms with Gasteiger partial charge in [0, 0.05) is 25.6 Å². The Labute approximate surface area is 199 Å². The summed E-state index contributed by atoms with van der Waals surface area (Å²) in [4.78, 5) is 55.6. The number of nitrogens with one attached hydrogen (secondary N) is 1.